The number of rotatable bonds is 3. The summed E-state index contributed by atoms with van der Waals surface area (Å²) >= 11 is 2.64. The molecule has 0 aliphatic carbocycles. The number of nitrogens with one attached hydrogen (secondary N) is 1. The van der Waals surface area contributed by atoms with Crippen LogP contribution >= 0.6 is 23.1 Å². The van der Waals surface area contributed by atoms with Crippen molar-refractivity contribution in [2.75, 3.05) is 0 Å². The molecule has 0 bridgehead atoms. The number of hydrogen-bond acceptors (Lipinski definition) is 7. The Hall–Kier alpha value is -1.70. The smallest absolute Gasteiger partial charge is 0.324 e. The van der Waals surface area contributed by atoms with Crippen molar-refractivity contribution in [3.63, 3.8) is 0 Å². The molecule has 25 heavy (non-hydrogen) atoms. The number of esters is 1. The number of carbonyl (C=O) groups is 2. The molecule has 3 rings (SSSR count). The van der Waals surface area contributed by atoms with Crippen LogP contribution in [0.2, 0.25) is 0 Å². The van der Waals surface area contributed by atoms with Gasteiger partial charge in [0.25, 0.3) is 0 Å². The molecule has 1 N–H and O–H groups in total. The van der Waals surface area contributed by atoms with Gasteiger partial charge in [0.15, 0.2) is 4.34 Å². The van der Waals surface area contributed by atoms with E-state index in [4.69, 9.17) is 4.74 Å². The summed E-state index contributed by atoms with van der Waals surface area (Å²) in [6.45, 7) is 6.13. The van der Waals surface area contributed by atoms with E-state index in [0.29, 0.717) is 22.9 Å². The number of benzene rings is 1. The highest BCUT2D eigenvalue weighted by molar-refractivity contribution is 8.15. The van der Waals surface area contributed by atoms with Gasteiger partial charge in [-0.05, 0) is 32.5 Å². The summed E-state index contributed by atoms with van der Waals surface area (Å²) in [6, 6.07) is 8.76. The summed E-state index contributed by atoms with van der Waals surface area (Å²) in [5.41, 5.74) is 1.03. The van der Waals surface area contributed by atoms with Gasteiger partial charge in [0.05, 0.1) is 5.69 Å². The van der Waals surface area contributed by atoms with Gasteiger partial charge in [-0.2, -0.15) is 0 Å². The van der Waals surface area contributed by atoms with Crippen molar-refractivity contribution in [1.29, 1.82) is 0 Å². The highest BCUT2D eigenvalue weighted by Gasteiger charge is 2.31. The van der Waals surface area contributed by atoms with E-state index in [1.54, 1.807) is 12.1 Å². The van der Waals surface area contributed by atoms with Gasteiger partial charge in [-0.15, -0.1) is 11.3 Å². The second-order valence-electron chi connectivity index (χ2n) is 6.78. The van der Waals surface area contributed by atoms with E-state index < -0.39 is 11.6 Å². The maximum Gasteiger partial charge on any atom is 0.324 e. The van der Waals surface area contributed by atoms with Crippen LogP contribution in [0.1, 0.15) is 41.7 Å². The topological polar surface area (TPSA) is 68.3 Å². The molecule has 0 saturated heterocycles. The Morgan fingerprint density at radius 2 is 2.00 bits per heavy atom. The van der Waals surface area contributed by atoms with Crippen LogP contribution in [0.25, 0.3) is 0 Å². The van der Waals surface area contributed by atoms with Crippen LogP contribution in [0.5, 0.6) is 0 Å². The van der Waals surface area contributed by atoms with E-state index in [2.05, 4.69) is 10.3 Å². The van der Waals surface area contributed by atoms with Crippen LogP contribution in [0, 0.1) is 0 Å². The monoisotopic (exact) mass is 376 g/mol. The van der Waals surface area contributed by atoms with Gasteiger partial charge in [-0.25, -0.2) is 4.98 Å². The molecule has 2 heterocycles. The summed E-state index contributed by atoms with van der Waals surface area (Å²) in [7, 11) is 0. The SMILES string of the molecule is CC(C)(C)OC(=O)C1Cc2nc(SC(=O)c3ccccc3)sc2CN1. The van der Waals surface area contributed by atoms with Crippen LogP contribution < -0.4 is 5.32 Å². The van der Waals surface area contributed by atoms with Gasteiger partial charge >= 0.3 is 5.97 Å². The zero-order valence-electron chi connectivity index (χ0n) is 14.4. The minimum atomic E-state index is -0.510. The molecule has 1 unspecified atom stereocenters. The van der Waals surface area contributed by atoms with Crippen LogP contribution in [0.4, 0.5) is 0 Å². The zero-order valence-corrected chi connectivity index (χ0v) is 16.0. The zero-order chi connectivity index (χ0) is 18.0. The fourth-order valence-electron chi connectivity index (χ4n) is 2.43. The van der Waals surface area contributed by atoms with E-state index in [1.165, 1.54) is 11.3 Å². The third-order valence-corrected chi connectivity index (χ3v) is 5.63. The number of carbonyl (C=O) groups excluding carboxylic acids is 2. The first-order valence-corrected chi connectivity index (χ1v) is 9.67. The number of ether oxygens (including phenoxy) is 1. The van der Waals surface area contributed by atoms with Crippen LogP contribution in [-0.4, -0.2) is 27.7 Å². The van der Waals surface area contributed by atoms with E-state index >= 15 is 0 Å². The normalized spacial score (nSPS) is 17.0. The van der Waals surface area contributed by atoms with Gasteiger partial charge in [0, 0.05) is 23.4 Å². The lowest BCUT2D eigenvalue weighted by Crippen LogP contribution is -2.44. The Bertz CT molecular complexity index is 781. The molecule has 2 aromatic rings. The molecule has 7 heteroatoms. The molecule has 1 atom stereocenters. The van der Waals surface area contributed by atoms with Gasteiger partial charge in [-0.3, -0.25) is 14.9 Å². The minimum absolute atomic E-state index is 0.0247. The van der Waals surface area contributed by atoms with Crippen LogP contribution in [0.15, 0.2) is 34.7 Å². The largest absolute Gasteiger partial charge is 0.459 e. The molecule has 1 aliphatic heterocycles. The molecule has 1 aliphatic rings. The number of nitrogens with zero attached hydrogens (tertiary/aromatic N) is 1. The molecule has 0 amide bonds. The standard InChI is InChI=1S/C18H20N2O3S2/c1-18(2,3)23-15(21)13-9-12-14(10-19-13)24-17(20-12)25-16(22)11-7-5-4-6-8-11/h4-8,13,19H,9-10H2,1-3H3. The summed E-state index contributed by atoms with van der Waals surface area (Å²) in [6.07, 6.45) is 0.487. The fourth-order valence-corrected chi connectivity index (χ4v) is 4.47. The number of hydrogen-bond donors (Lipinski definition) is 1. The predicted octanol–water partition coefficient (Wildman–Crippen LogP) is 3.43. The first-order valence-electron chi connectivity index (χ1n) is 8.04. The van der Waals surface area contributed by atoms with E-state index in [-0.39, 0.29) is 11.1 Å². The predicted molar refractivity (Wildman–Crippen MR) is 98.9 cm³/mol. The Kier molecular flexibility index (Phi) is 5.27. The highest BCUT2D eigenvalue weighted by atomic mass is 32.2. The maximum absolute atomic E-state index is 12.3. The lowest BCUT2D eigenvalue weighted by Gasteiger charge is -2.26. The summed E-state index contributed by atoms with van der Waals surface area (Å²) in [4.78, 5) is 30.2. The molecule has 0 spiro atoms. The van der Waals surface area contributed by atoms with Crippen molar-refractivity contribution in [1.82, 2.24) is 10.3 Å². The molecule has 132 valence electrons. The van der Waals surface area contributed by atoms with Crippen molar-refractivity contribution in [2.45, 2.75) is 49.7 Å². The van der Waals surface area contributed by atoms with Crippen molar-refractivity contribution < 1.29 is 14.3 Å². The molecule has 0 fully saturated rings. The minimum Gasteiger partial charge on any atom is -0.459 e. The number of thiazole rings is 1. The Morgan fingerprint density at radius 3 is 2.68 bits per heavy atom. The van der Waals surface area contributed by atoms with E-state index in [0.717, 1.165) is 22.3 Å². The maximum atomic E-state index is 12.3. The van der Waals surface area contributed by atoms with Gasteiger partial charge in [0.2, 0.25) is 5.12 Å². The molecule has 0 saturated carbocycles. The second kappa shape index (κ2) is 7.27. The molecular weight excluding hydrogens is 356 g/mol. The summed E-state index contributed by atoms with van der Waals surface area (Å²) < 4.78 is 6.15. The Morgan fingerprint density at radius 1 is 1.28 bits per heavy atom. The number of thioether (sulfide) groups is 1. The molecule has 0 radical (unpaired) electrons. The number of fused-ring (bicyclic) bond motifs is 1. The highest BCUT2D eigenvalue weighted by Crippen LogP contribution is 2.32. The third kappa shape index (κ3) is 4.68. The lowest BCUT2D eigenvalue weighted by atomic mass is 10.1. The van der Waals surface area contributed by atoms with Crippen molar-refractivity contribution >= 4 is 34.2 Å². The van der Waals surface area contributed by atoms with Crippen molar-refractivity contribution in [2.24, 2.45) is 0 Å². The molecule has 1 aromatic carbocycles. The fraction of sp³-hybridized carbons (Fsp3) is 0.389. The van der Waals surface area contributed by atoms with E-state index in [1.807, 2.05) is 39.0 Å². The van der Waals surface area contributed by atoms with Gasteiger partial charge in [-0.1, -0.05) is 30.3 Å². The van der Waals surface area contributed by atoms with Gasteiger partial charge in [0.1, 0.15) is 11.6 Å². The quantitative estimate of drug-likeness (QED) is 0.654. The average Bonchev–Trinajstić information content (AvgIpc) is 2.95. The first-order chi connectivity index (χ1) is 11.8. The first kappa shape index (κ1) is 18.1. The average molecular weight is 377 g/mol. The lowest BCUT2D eigenvalue weighted by molar-refractivity contribution is -0.157. The molecular formula is C18H20N2O3S2. The number of aromatic nitrogens is 1. The van der Waals surface area contributed by atoms with Gasteiger partial charge < -0.3 is 4.74 Å². The summed E-state index contributed by atoms with van der Waals surface area (Å²) in [5, 5.41) is 3.17. The third-order valence-electron chi connectivity index (χ3n) is 3.55. The molecule has 1 aromatic heterocycles. The van der Waals surface area contributed by atoms with Crippen LogP contribution in [0.3, 0.4) is 0 Å². The Balaban J connectivity index is 1.67. The Labute approximate surface area is 155 Å². The van der Waals surface area contributed by atoms with E-state index in [9.17, 15) is 9.59 Å². The van der Waals surface area contributed by atoms with Crippen molar-refractivity contribution in [3.05, 3.63) is 46.5 Å². The molecule has 5 nitrogen and oxygen atoms in total. The van der Waals surface area contributed by atoms with Crippen LogP contribution in [-0.2, 0) is 22.5 Å². The second-order valence-corrected chi connectivity index (χ2v) is 9.08. The van der Waals surface area contributed by atoms with Crippen molar-refractivity contribution in [3.8, 4) is 0 Å². The summed E-state index contributed by atoms with van der Waals surface area (Å²) in [5.74, 6) is -0.263.